The van der Waals surface area contributed by atoms with Gasteiger partial charge in [0.15, 0.2) is 5.78 Å². The summed E-state index contributed by atoms with van der Waals surface area (Å²) >= 11 is 0. The highest BCUT2D eigenvalue weighted by Crippen LogP contribution is 2.40. The predicted octanol–water partition coefficient (Wildman–Crippen LogP) is 4.01. The Balaban J connectivity index is 2.00. The fraction of sp³-hybridized carbons (Fsp3) is 0.273. The minimum Gasteiger partial charge on any atom is -0.497 e. The Labute approximate surface area is 153 Å². The molecule has 0 fully saturated rings. The number of hydrogen-bond acceptors (Lipinski definition) is 4. The number of ketones is 1. The lowest BCUT2D eigenvalue weighted by Crippen LogP contribution is -2.34. The molecular weight excluding hydrogens is 328 g/mol. The Kier molecular flexibility index (Phi) is 5.52. The summed E-state index contributed by atoms with van der Waals surface area (Å²) in [6, 6.07) is 17.3. The van der Waals surface area contributed by atoms with Gasteiger partial charge in [-0.25, -0.2) is 0 Å². The van der Waals surface area contributed by atoms with Gasteiger partial charge in [0, 0.05) is 5.92 Å². The molecule has 2 aromatic rings. The zero-order valence-corrected chi connectivity index (χ0v) is 15.0. The van der Waals surface area contributed by atoms with E-state index >= 15 is 0 Å². The Morgan fingerprint density at radius 3 is 2.38 bits per heavy atom. The van der Waals surface area contributed by atoms with E-state index in [0.717, 1.165) is 22.4 Å². The maximum absolute atomic E-state index is 12.8. The summed E-state index contributed by atoms with van der Waals surface area (Å²) in [6.45, 7) is 2.01. The third-order valence-electron chi connectivity index (χ3n) is 4.69. The van der Waals surface area contributed by atoms with Crippen LogP contribution in [0, 0.1) is 5.92 Å². The van der Waals surface area contributed by atoms with E-state index in [4.69, 9.17) is 9.47 Å². The summed E-state index contributed by atoms with van der Waals surface area (Å²) < 4.78 is 10.4. The third-order valence-corrected chi connectivity index (χ3v) is 4.69. The molecule has 0 radical (unpaired) electrons. The topological polar surface area (TPSA) is 52.6 Å². The van der Waals surface area contributed by atoms with E-state index in [1.54, 1.807) is 20.1 Å². The fourth-order valence-electron chi connectivity index (χ4n) is 3.40. The Morgan fingerprint density at radius 1 is 1.08 bits per heavy atom. The van der Waals surface area contributed by atoms with Crippen molar-refractivity contribution in [3.8, 4) is 5.75 Å². The van der Waals surface area contributed by atoms with E-state index < -0.39 is 11.9 Å². The summed E-state index contributed by atoms with van der Waals surface area (Å²) in [5.74, 6) is -0.984. The summed E-state index contributed by atoms with van der Waals surface area (Å²) in [6.07, 6.45) is 2.20. The molecule has 0 saturated carbocycles. The SMILES string of the molecule is CCOC(=O)C1C(=O)C=C(c2ccccc2)CC1c1ccc(OC)cc1. The lowest BCUT2D eigenvalue weighted by atomic mass is 9.73. The largest absolute Gasteiger partial charge is 0.497 e. The van der Waals surface area contributed by atoms with Gasteiger partial charge >= 0.3 is 5.97 Å². The van der Waals surface area contributed by atoms with Gasteiger partial charge in [-0.2, -0.15) is 0 Å². The normalized spacial score (nSPS) is 19.6. The number of allylic oxidation sites excluding steroid dienone is 2. The molecule has 1 aliphatic carbocycles. The third kappa shape index (κ3) is 3.69. The van der Waals surface area contributed by atoms with Crippen LogP contribution < -0.4 is 4.74 Å². The molecule has 0 bridgehead atoms. The molecule has 2 unspecified atom stereocenters. The summed E-state index contributed by atoms with van der Waals surface area (Å²) in [4.78, 5) is 25.3. The number of carbonyl (C=O) groups excluding carboxylic acids is 2. The summed E-state index contributed by atoms with van der Waals surface area (Å²) in [7, 11) is 1.61. The van der Waals surface area contributed by atoms with Crippen LogP contribution in [0.2, 0.25) is 0 Å². The van der Waals surface area contributed by atoms with Gasteiger partial charge in [0.05, 0.1) is 13.7 Å². The van der Waals surface area contributed by atoms with Gasteiger partial charge < -0.3 is 9.47 Å². The first-order chi connectivity index (χ1) is 12.6. The quantitative estimate of drug-likeness (QED) is 0.604. The van der Waals surface area contributed by atoms with Crippen molar-refractivity contribution in [2.24, 2.45) is 5.92 Å². The first-order valence-electron chi connectivity index (χ1n) is 8.74. The van der Waals surface area contributed by atoms with Crippen LogP contribution in [0.4, 0.5) is 0 Å². The number of esters is 1. The van der Waals surface area contributed by atoms with Crippen LogP contribution in [0.5, 0.6) is 5.75 Å². The summed E-state index contributed by atoms with van der Waals surface area (Å²) in [5.41, 5.74) is 2.87. The van der Waals surface area contributed by atoms with Crippen molar-refractivity contribution >= 4 is 17.3 Å². The van der Waals surface area contributed by atoms with Crippen molar-refractivity contribution in [3.05, 3.63) is 71.8 Å². The lowest BCUT2D eigenvalue weighted by molar-refractivity contribution is -0.151. The maximum atomic E-state index is 12.8. The van der Waals surface area contributed by atoms with Crippen LogP contribution in [0.15, 0.2) is 60.7 Å². The molecule has 0 N–H and O–H groups in total. The molecule has 0 amide bonds. The minimum atomic E-state index is -0.809. The van der Waals surface area contributed by atoms with Crippen LogP contribution in [0.1, 0.15) is 30.4 Å². The number of rotatable bonds is 5. The van der Waals surface area contributed by atoms with Crippen LogP contribution in [0.25, 0.3) is 5.57 Å². The van der Waals surface area contributed by atoms with Crippen LogP contribution >= 0.6 is 0 Å². The molecule has 3 rings (SSSR count). The Morgan fingerprint density at radius 2 is 1.77 bits per heavy atom. The average molecular weight is 350 g/mol. The molecule has 0 saturated heterocycles. The van der Waals surface area contributed by atoms with E-state index in [1.807, 2.05) is 54.6 Å². The van der Waals surface area contributed by atoms with Crippen molar-refractivity contribution in [2.75, 3.05) is 13.7 Å². The zero-order chi connectivity index (χ0) is 18.5. The van der Waals surface area contributed by atoms with Crippen molar-refractivity contribution in [2.45, 2.75) is 19.3 Å². The monoisotopic (exact) mass is 350 g/mol. The van der Waals surface area contributed by atoms with Gasteiger partial charge in [-0.1, -0.05) is 42.5 Å². The van der Waals surface area contributed by atoms with E-state index in [-0.39, 0.29) is 18.3 Å². The number of ether oxygens (including phenoxy) is 2. The van der Waals surface area contributed by atoms with Gasteiger partial charge in [0.1, 0.15) is 11.7 Å². The average Bonchev–Trinajstić information content (AvgIpc) is 2.68. The number of carbonyl (C=O) groups is 2. The molecule has 2 aromatic carbocycles. The van der Waals surface area contributed by atoms with Gasteiger partial charge in [0.2, 0.25) is 0 Å². The molecule has 1 aliphatic rings. The lowest BCUT2D eigenvalue weighted by Gasteiger charge is -2.29. The van der Waals surface area contributed by atoms with E-state index in [2.05, 4.69) is 0 Å². The molecule has 0 heterocycles. The number of methoxy groups -OCH3 is 1. The van der Waals surface area contributed by atoms with E-state index in [9.17, 15) is 9.59 Å². The van der Waals surface area contributed by atoms with Crippen molar-refractivity contribution < 1.29 is 19.1 Å². The Hall–Kier alpha value is -2.88. The second kappa shape index (κ2) is 8.00. The smallest absolute Gasteiger partial charge is 0.317 e. The minimum absolute atomic E-state index is 0.200. The summed E-state index contributed by atoms with van der Waals surface area (Å²) in [5, 5.41) is 0. The van der Waals surface area contributed by atoms with Gasteiger partial charge in [0.25, 0.3) is 0 Å². The second-order valence-electron chi connectivity index (χ2n) is 6.25. The van der Waals surface area contributed by atoms with Gasteiger partial charge in [-0.15, -0.1) is 0 Å². The molecule has 4 nitrogen and oxygen atoms in total. The highest BCUT2D eigenvalue weighted by Gasteiger charge is 2.39. The molecule has 26 heavy (non-hydrogen) atoms. The number of benzene rings is 2. The first-order valence-corrected chi connectivity index (χ1v) is 8.74. The van der Waals surface area contributed by atoms with Gasteiger partial charge in [-0.05, 0) is 48.3 Å². The standard InChI is InChI=1S/C22H22O4/c1-3-26-22(24)21-19(16-9-11-18(25-2)12-10-16)13-17(14-20(21)23)15-7-5-4-6-8-15/h4-12,14,19,21H,3,13H2,1-2H3. The highest BCUT2D eigenvalue weighted by atomic mass is 16.5. The molecule has 0 aromatic heterocycles. The van der Waals surface area contributed by atoms with Crippen molar-refractivity contribution in [1.82, 2.24) is 0 Å². The van der Waals surface area contributed by atoms with E-state index in [1.165, 1.54) is 0 Å². The fourth-order valence-corrected chi connectivity index (χ4v) is 3.40. The highest BCUT2D eigenvalue weighted by molar-refractivity contribution is 6.10. The first kappa shape index (κ1) is 17.9. The molecule has 4 heteroatoms. The Bertz CT molecular complexity index is 806. The molecule has 2 atom stereocenters. The van der Waals surface area contributed by atoms with Crippen molar-refractivity contribution in [3.63, 3.8) is 0 Å². The van der Waals surface area contributed by atoms with Crippen LogP contribution in [-0.4, -0.2) is 25.5 Å². The van der Waals surface area contributed by atoms with Crippen molar-refractivity contribution in [1.29, 1.82) is 0 Å². The predicted molar refractivity (Wildman–Crippen MR) is 99.9 cm³/mol. The van der Waals surface area contributed by atoms with Gasteiger partial charge in [-0.3, -0.25) is 9.59 Å². The van der Waals surface area contributed by atoms with Crippen LogP contribution in [-0.2, 0) is 14.3 Å². The molecule has 0 aliphatic heterocycles. The zero-order valence-electron chi connectivity index (χ0n) is 15.0. The van der Waals surface area contributed by atoms with Crippen LogP contribution in [0.3, 0.4) is 0 Å². The molecule has 0 spiro atoms. The maximum Gasteiger partial charge on any atom is 0.317 e. The van der Waals surface area contributed by atoms with E-state index in [0.29, 0.717) is 6.42 Å². The second-order valence-corrected chi connectivity index (χ2v) is 6.25. The molecular formula is C22H22O4. The number of hydrogen-bond donors (Lipinski definition) is 0. The molecule has 134 valence electrons.